The number of ether oxygens (including phenoxy) is 4. The van der Waals surface area contributed by atoms with Crippen molar-refractivity contribution in [2.75, 3.05) is 27.4 Å². The van der Waals surface area contributed by atoms with Crippen LogP contribution in [0.15, 0.2) is 58.8 Å². The molecule has 0 saturated carbocycles. The highest BCUT2D eigenvalue weighted by Gasteiger charge is 2.32. The first-order chi connectivity index (χ1) is 17.4. The maximum absolute atomic E-state index is 12.5. The van der Waals surface area contributed by atoms with Crippen LogP contribution >= 0.6 is 0 Å². The molecule has 36 heavy (non-hydrogen) atoms. The summed E-state index contributed by atoms with van der Waals surface area (Å²) in [5.74, 6) is 0.265. The number of benzene rings is 2. The van der Waals surface area contributed by atoms with E-state index in [1.807, 2.05) is 12.1 Å². The summed E-state index contributed by atoms with van der Waals surface area (Å²) < 4.78 is 21.3. The summed E-state index contributed by atoms with van der Waals surface area (Å²) in [7, 11) is 3.01. The third-order valence-corrected chi connectivity index (χ3v) is 5.14. The van der Waals surface area contributed by atoms with Gasteiger partial charge in [-0.25, -0.2) is 15.0 Å². The summed E-state index contributed by atoms with van der Waals surface area (Å²) in [5, 5.41) is 9.22. The molecule has 11 heteroatoms. The van der Waals surface area contributed by atoms with Gasteiger partial charge in [-0.15, -0.1) is 0 Å². The van der Waals surface area contributed by atoms with Gasteiger partial charge in [0.25, 0.3) is 5.91 Å². The number of hydrogen-bond acceptors (Lipinski definition) is 8. The SMILES string of the molecule is CCOC(=O)C1=C(C)NC(=O)N[C@@H]1c1ccc(OCC(=O)N/N=C\c2cccc(OC)c2)c(OC)c1. The van der Waals surface area contributed by atoms with Gasteiger partial charge in [0.05, 0.1) is 38.7 Å². The second kappa shape index (κ2) is 12.2. The molecule has 11 nitrogen and oxygen atoms in total. The quantitative estimate of drug-likeness (QED) is 0.261. The second-order valence-electron chi connectivity index (χ2n) is 7.56. The lowest BCUT2D eigenvalue weighted by Gasteiger charge is -2.28. The monoisotopic (exact) mass is 496 g/mol. The van der Waals surface area contributed by atoms with Gasteiger partial charge in [-0.1, -0.05) is 18.2 Å². The van der Waals surface area contributed by atoms with Crippen molar-refractivity contribution in [2.24, 2.45) is 5.10 Å². The van der Waals surface area contributed by atoms with Crippen LogP contribution in [0.3, 0.4) is 0 Å². The van der Waals surface area contributed by atoms with E-state index in [-0.39, 0.29) is 18.8 Å². The van der Waals surface area contributed by atoms with E-state index < -0.39 is 23.9 Å². The number of rotatable bonds is 10. The van der Waals surface area contributed by atoms with E-state index in [2.05, 4.69) is 21.2 Å². The van der Waals surface area contributed by atoms with Crippen LogP contribution in [0.25, 0.3) is 0 Å². The zero-order valence-electron chi connectivity index (χ0n) is 20.4. The molecule has 2 aromatic carbocycles. The van der Waals surface area contributed by atoms with Crippen LogP contribution < -0.4 is 30.3 Å². The van der Waals surface area contributed by atoms with Gasteiger partial charge in [-0.2, -0.15) is 5.10 Å². The molecule has 0 unspecified atom stereocenters. The lowest BCUT2D eigenvalue weighted by atomic mass is 9.95. The highest BCUT2D eigenvalue weighted by molar-refractivity contribution is 5.95. The highest BCUT2D eigenvalue weighted by Crippen LogP contribution is 2.34. The van der Waals surface area contributed by atoms with Crippen molar-refractivity contribution in [3.63, 3.8) is 0 Å². The van der Waals surface area contributed by atoms with Gasteiger partial charge in [-0.05, 0) is 49.2 Å². The Kier molecular flexibility index (Phi) is 8.87. The third kappa shape index (κ3) is 6.53. The predicted molar refractivity (Wildman–Crippen MR) is 131 cm³/mol. The number of hydrazone groups is 1. The molecule has 190 valence electrons. The molecule has 0 radical (unpaired) electrons. The standard InChI is InChI=1S/C25H28N4O7/c1-5-35-24(31)22-15(2)27-25(32)28-23(22)17-9-10-19(20(12-17)34-4)36-14-21(30)29-26-13-16-7-6-8-18(11-16)33-3/h6-13,23H,5,14H2,1-4H3,(H,29,30)(H2,27,28,32)/b26-13-/t23-/m1/s1. The predicted octanol–water partition coefficient (Wildman–Crippen LogP) is 2.42. The lowest BCUT2D eigenvalue weighted by molar-refractivity contribution is -0.139. The molecule has 1 heterocycles. The molecule has 3 rings (SSSR count). The fraction of sp³-hybridized carbons (Fsp3) is 0.280. The van der Waals surface area contributed by atoms with Crippen LogP contribution in [0, 0.1) is 0 Å². The van der Waals surface area contributed by atoms with Crippen molar-refractivity contribution in [1.29, 1.82) is 0 Å². The molecule has 3 N–H and O–H groups in total. The van der Waals surface area contributed by atoms with Gasteiger partial charge in [0.2, 0.25) is 0 Å². The number of carbonyl (C=O) groups is 3. The van der Waals surface area contributed by atoms with Crippen LogP contribution in [0.5, 0.6) is 17.2 Å². The number of allylic oxidation sites excluding steroid dienone is 1. The van der Waals surface area contributed by atoms with Crippen LogP contribution in [-0.2, 0) is 14.3 Å². The summed E-state index contributed by atoms with van der Waals surface area (Å²) in [4.78, 5) is 36.7. The number of nitrogens with zero attached hydrogens (tertiary/aromatic N) is 1. The van der Waals surface area contributed by atoms with E-state index in [0.29, 0.717) is 28.5 Å². The fourth-order valence-electron chi connectivity index (χ4n) is 3.48. The zero-order valence-corrected chi connectivity index (χ0v) is 20.4. The summed E-state index contributed by atoms with van der Waals surface area (Å²) in [5.41, 5.74) is 4.39. The van der Waals surface area contributed by atoms with Crippen LogP contribution in [-0.4, -0.2) is 51.6 Å². The van der Waals surface area contributed by atoms with E-state index in [9.17, 15) is 14.4 Å². The van der Waals surface area contributed by atoms with Crippen molar-refractivity contribution in [3.05, 3.63) is 64.9 Å². The minimum absolute atomic E-state index is 0.192. The van der Waals surface area contributed by atoms with E-state index >= 15 is 0 Å². The summed E-state index contributed by atoms with van der Waals surface area (Å²) in [6, 6.07) is 10.9. The van der Waals surface area contributed by atoms with Crippen LogP contribution in [0.4, 0.5) is 4.79 Å². The average molecular weight is 497 g/mol. The Morgan fingerprint density at radius 3 is 2.64 bits per heavy atom. The van der Waals surface area contributed by atoms with Crippen molar-refractivity contribution < 1.29 is 33.3 Å². The van der Waals surface area contributed by atoms with E-state index in [1.165, 1.54) is 13.3 Å². The Hall–Kier alpha value is -4.54. The molecule has 0 aromatic heterocycles. The number of urea groups is 1. The molecule has 0 fully saturated rings. The fourth-order valence-corrected chi connectivity index (χ4v) is 3.48. The first-order valence-electron chi connectivity index (χ1n) is 11.1. The van der Waals surface area contributed by atoms with Crippen molar-refractivity contribution in [2.45, 2.75) is 19.9 Å². The largest absolute Gasteiger partial charge is 0.497 e. The van der Waals surface area contributed by atoms with Gasteiger partial charge in [0, 0.05) is 5.70 Å². The van der Waals surface area contributed by atoms with Gasteiger partial charge in [-0.3, -0.25) is 4.79 Å². The Bertz CT molecular complexity index is 1190. The van der Waals surface area contributed by atoms with E-state index in [0.717, 1.165) is 5.56 Å². The lowest BCUT2D eigenvalue weighted by Crippen LogP contribution is -2.45. The number of methoxy groups -OCH3 is 2. The van der Waals surface area contributed by atoms with Crippen molar-refractivity contribution in [3.8, 4) is 17.2 Å². The molecule has 0 aliphatic carbocycles. The Morgan fingerprint density at radius 2 is 1.92 bits per heavy atom. The first-order valence-corrected chi connectivity index (χ1v) is 11.1. The van der Waals surface area contributed by atoms with Crippen LogP contribution in [0.2, 0.25) is 0 Å². The number of hydrogen-bond donors (Lipinski definition) is 3. The van der Waals surface area contributed by atoms with E-state index in [4.69, 9.17) is 18.9 Å². The number of carbonyl (C=O) groups excluding carboxylic acids is 3. The first kappa shape index (κ1) is 26.1. The Balaban J connectivity index is 1.68. The summed E-state index contributed by atoms with van der Waals surface area (Å²) in [6.07, 6.45) is 1.49. The normalized spacial score (nSPS) is 15.1. The molecule has 0 spiro atoms. The van der Waals surface area contributed by atoms with Gasteiger partial charge in [0.15, 0.2) is 18.1 Å². The third-order valence-electron chi connectivity index (χ3n) is 5.14. The number of nitrogens with one attached hydrogen (secondary N) is 3. The molecule has 1 atom stereocenters. The smallest absolute Gasteiger partial charge is 0.338 e. The minimum Gasteiger partial charge on any atom is -0.497 e. The zero-order chi connectivity index (χ0) is 26.1. The van der Waals surface area contributed by atoms with Gasteiger partial charge < -0.3 is 29.6 Å². The van der Waals surface area contributed by atoms with E-state index in [1.54, 1.807) is 51.3 Å². The maximum Gasteiger partial charge on any atom is 0.338 e. The maximum atomic E-state index is 12.5. The molecule has 1 aliphatic heterocycles. The number of amides is 3. The van der Waals surface area contributed by atoms with Crippen molar-refractivity contribution >= 4 is 24.1 Å². The second-order valence-corrected chi connectivity index (χ2v) is 7.56. The summed E-state index contributed by atoms with van der Waals surface area (Å²) >= 11 is 0. The highest BCUT2D eigenvalue weighted by atomic mass is 16.5. The summed E-state index contributed by atoms with van der Waals surface area (Å²) in [6.45, 7) is 3.20. The molecule has 0 bridgehead atoms. The Labute approximate surface area is 208 Å². The topological polar surface area (TPSA) is 137 Å². The van der Waals surface area contributed by atoms with Gasteiger partial charge in [0.1, 0.15) is 5.75 Å². The van der Waals surface area contributed by atoms with Crippen molar-refractivity contribution in [1.82, 2.24) is 16.1 Å². The number of esters is 1. The molecule has 2 aromatic rings. The molecule has 3 amide bonds. The Morgan fingerprint density at radius 1 is 1.11 bits per heavy atom. The average Bonchev–Trinajstić information content (AvgIpc) is 2.87. The molecule has 0 saturated heterocycles. The van der Waals surface area contributed by atoms with Crippen LogP contribution in [0.1, 0.15) is 31.0 Å². The molecular formula is C25H28N4O7. The molecule has 1 aliphatic rings. The van der Waals surface area contributed by atoms with Gasteiger partial charge >= 0.3 is 12.0 Å². The minimum atomic E-state index is -0.755. The molecular weight excluding hydrogens is 468 g/mol.